The Kier molecular flexibility index (Phi) is 9.58. The third-order valence-electron chi connectivity index (χ3n) is 5.16. The van der Waals surface area contributed by atoms with Crippen LogP contribution in [-0.4, -0.2) is 17.6 Å². The Labute approximate surface area is 195 Å². The molecule has 33 heavy (non-hydrogen) atoms. The molecule has 3 rings (SSSR count). The van der Waals surface area contributed by atoms with Gasteiger partial charge in [0.15, 0.2) is 0 Å². The van der Waals surface area contributed by atoms with Gasteiger partial charge in [-0.25, -0.2) is 4.79 Å². The second-order valence-electron chi connectivity index (χ2n) is 7.89. The van der Waals surface area contributed by atoms with Crippen LogP contribution >= 0.6 is 0 Å². The van der Waals surface area contributed by atoms with E-state index in [1.165, 1.54) is 32.1 Å². The molecular weight excluding hydrogens is 414 g/mol. The normalized spacial score (nSPS) is 11.0. The predicted octanol–water partition coefficient (Wildman–Crippen LogP) is 7.76. The Hall–Kier alpha value is -3.54. The molecule has 0 fully saturated rings. The van der Waals surface area contributed by atoms with E-state index in [1.54, 1.807) is 48.8 Å². The molecule has 0 aliphatic rings. The van der Waals surface area contributed by atoms with Gasteiger partial charge in [-0.2, -0.15) is 10.2 Å². The number of pyridine rings is 1. The summed E-state index contributed by atoms with van der Waals surface area (Å²) in [6, 6.07) is 15.9. The largest absolute Gasteiger partial charge is 0.494 e. The smallest absolute Gasteiger partial charge is 0.343 e. The van der Waals surface area contributed by atoms with Gasteiger partial charge in [-0.1, -0.05) is 39.0 Å². The highest BCUT2D eigenvalue weighted by Crippen LogP contribution is 2.26. The maximum absolute atomic E-state index is 12.5. The lowest BCUT2D eigenvalue weighted by molar-refractivity contribution is 0.0733. The highest BCUT2D eigenvalue weighted by atomic mass is 16.5. The van der Waals surface area contributed by atoms with Crippen molar-refractivity contribution in [3.63, 3.8) is 0 Å². The monoisotopic (exact) mass is 445 g/mol. The van der Waals surface area contributed by atoms with Gasteiger partial charge in [0, 0.05) is 12.4 Å². The topological polar surface area (TPSA) is 73.1 Å². The summed E-state index contributed by atoms with van der Waals surface area (Å²) in [5.41, 5.74) is 2.67. The summed E-state index contributed by atoms with van der Waals surface area (Å²) in [4.78, 5) is 16.5. The zero-order valence-corrected chi connectivity index (χ0v) is 19.4. The number of hydrogen-bond acceptors (Lipinski definition) is 6. The number of azo groups is 1. The first kappa shape index (κ1) is 24.1. The van der Waals surface area contributed by atoms with Gasteiger partial charge in [0.25, 0.3) is 0 Å². The zero-order chi connectivity index (χ0) is 23.3. The fourth-order valence-electron chi connectivity index (χ4n) is 3.25. The molecule has 172 valence electrons. The van der Waals surface area contributed by atoms with Gasteiger partial charge in [-0.3, -0.25) is 4.98 Å². The van der Waals surface area contributed by atoms with E-state index in [2.05, 4.69) is 22.1 Å². The Morgan fingerprint density at radius 3 is 2.27 bits per heavy atom. The fourth-order valence-corrected chi connectivity index (χ4v) is 3.25. The van der Waals surface area contributed by atoms with Crippen LogP contribution in [0.5, 0.6) is 11.5 Å². The average Bonchev–Trinajstić information content (AvgIpc) is 2.84. The minimum atomic E-state index is -0.410. The van der Waals surface area contributed by atoms with Crippen LogP contribution in [0.4, 0.5) is 11.4 Å². The highest BCUT2D eigenvalue weighted by Gasteiger charge is 2.11. The van der Waals surface area contributed by atoms with Crippen LogP contribution in [0.25, 0.3) is 0 Å². The van der Waals surface area contributed by atoms with Gasteiger partial charge in [0.05, 0.1) is 23.5 Å². The van der Waals surface area contributed by atoms with Crippen molar-refractivity contribution in [2.24, 2.45) is 10.2 Å². The lowest BCUT2D eigenvalue weighted by atomic mass is 10.1. The number of rotatable bonds is 12. The standard InChI is InChI=1S/C27H31N3O3/c1-3-4-5-6-7-8-19-32-25-12-9-22(10-13-25)27(31)33-26-14-11-24(20-21(26)2)30-29-23-15-17-28-18-16-23/h9-18,20H,3-8,19H2,1-2H3. The highest BCUT2D eigenvalue weighted by molar-refractivity contribution is 5.91. The summed E-state index contributed by atoms with van der Waals surface area (Å²) in [6.07, 6.45) is 10.7. The Morgan fingerprint density at radius 1 is 0.848 bits per heavy atom. The van der Waals surface area contributed by atoms with Crippen LogP contribution in [0, 0.1) is 6.92 Å². The number of carbonyl (C=O) groups is 1. The number of esters is 1. The van der Waals surface area contributed by atoms with Crippen molar-refractivity contribution < 1.29 is 14.3 Å². The van der Waals surface area contributed by atoms with Crippen LogP contribution in [0.3, 0.4) is 0 Å². The molecule has 0 radical (unpaired) electrons. The summed E-state index contributed by atoms with van der Waals surface area (Å²) >= 11 is 0. The van der Waals surface area contributed by atoms with E-state index in [0.29, 0.717) is 23.6 Å². The van der Waals surface area contributed by atoms with Crippen LogP contribution in [0.2, 0.25) is 0 Å². The van der Waals surface area contributed by atoms with Crippen molar-refractivity contribution in [2.75, 3.05) is 6.61 Å². The molecule has 1 aromatic heterocycles. The summed E-state index contributed by atoms with van der Waals surface area (Å²) in [5, 5.41) is 8.39. The maximum Gasteiger partial charge on any atom is 0.343 e. The summed E-state index contributed by atoms with van der Waals surface area (Å²) in [6.45, 7) is 4.78. The molecule has 0 spiro atoms. The molecule has 6 nitrogen and oxygen atoms in total. The van der Waals surface area contributed by atoms with E-state index < -0.39 is 5.97 Å². The molecule has 0 saturated carbocycles. The predicted molar refractivity (Wildman–Crippen MR) is 130 cm³/mol. The molecule has 0 saturated heterocycles. The number of carbonyl (C=O) groups excluding carboxylic acids is 1. The molecule has 0 unspecified atom stereocenters. The number of aromatic nitrogens is 1. The number of hydrogen-bond donors (Lipinski definition) is 0. The molecule has 3 aromatic rings. The third-order valence-corrected chi connectivity index (χ3v) is 5.16. The second-order valence-corrected chi connectivity index (χ2v) is 7.89. The molecule has 0 amide bonds. The van der Waals surface area contributed by atoms with Crippen LogP contribution in [-0.2, 0) is 0 Å². The van der Waals surface area contributed by atoms with Crippen molar-refractivity contribution in [1.29, 1.82) is 0 Å². The van der Waals surface area contributed by atoms with E-state index in [4.69, 9.17) is 9.47 Å². The van der Waals surface area contributed by atoms with Crippen molar-refractivity contribution in [3.8, 4) is 11.5 Å². The summed E-state index contributed by atoms with van der Waals surface area (Å²) in [5.74, 6) is 0.846. The molecule has 0 aliphatic heterocycles. The van der Waals surface area contributed by atoms with Crippen molar-refractivity contribution >= 4 is 17.3 Å². The zero-order valence-electron chi connectivity index (χ0n) is 19.4. The van der Waals surface area contributed by atoms with Crippen molar-refractivity contribution in [1.82, 2.24) is 4.98 Å². The van der Waals surface area contributed by atoms with Crippen molar-refractivity contribution in [3.05, 3.63) is 78.1 Å². The molecule has 0 N–H and O–H groups in total. The van der Waals surface area contributed by atoms with Gasteiger partial charge >= 0.3 is 5.97 Å². The molecule has 6 heteroatoms. The van der Waals surface area contributed by atoms with Gasteiger partial charge < -0.3 is 9.47 Å². The van der Waals surface area contributed by atoms with Crippen LogP contribution in [0.15, 0.2) is 77.2 Å². The fraction of sp³-hybridized carbons (Fsp3) is 0.333. The van der Waals surface area contributed by atoms with E-state index in [0.717, 1.165) is 23.4 Å². The molecule has 0 aliphatic carbocycles. The first-order valence-electron chi connectivity index (χ1n) is 11.5. The van der Waals surface area contributed by atoms with E-state index in [-0.39, 0.29) is 0 Å². The van der Waals surface area contributed by atoms with E-state index in [1.807, 2.05) is 25.1 Å². The van der Waals surface area contributed by atoms with Crippen LogP contribution < -0.4 is 9.47 Å². The number of benzene rings is 2. The van der Waals surface area contributed by atoms with Gasteiger partial charge in [-0.05, 0) is 73.5 Å². The Bertz CT molecular complexity index is 1030. The Morgan fingerprint density at radius 2 is 1.55 bits per heavy atom. The SMILES string of the molecule is CCCCCCCCOc1ccc(C(=O)Oc2ccc(N=Nc3ccncc3)cc2C)cc1. The Balaban J connectivity index is 1.48. The third kappa shape index (κ3) is 8.15. The number of aryl methyl sites for hydroxylation is 1. The number of nitrogens with zero attached hydrogens (tertiary/aromatic N) is 3. The minimum absolute atomic E-state index is 0.410. The number of unbranched alkanes of at least 4 members (excludes halogenated alkanes) is 5. The minimum Gasteiger partial charge on any atom is -0.494 e. The summed E-state index contributed by atoms with van der Waals surface area (Å²) in [7, 11) is 0. The first-order chi connectivity index (χ1) is 16.2. The second kappa shape index (κ2) is 13.1. The number of ether oxygens (including phenoxy) is 2. The maximum atomic E-state index is 12.5. The van der Waals surface area contributed by atoms with Gasteiger partial charge in [-0.15, -0.1) is 0 Å². The first-order valence-corrected chi connectivity index (χ1v) is 11.5. The van der Waals surface area contributed by atoms with Crippen molar-refractivity contribution in [2.45, 2.75) is 52.4 Å². The van der Waals surface area contributed by atoms with Gasteiger partial charge in [0.2, 0.25) is 0 Å². The quantitative estimate of drug-likeness (QED) is 0.124. The lowest BCUT2D eigenvalue weighted by Crippen LogP contribution is -2.09. The van der Waals surface area contributed by atoms with E-state index in [9.17, 15) is 4.79 Å². The summed E-state index contributed by atoms with van der Waals surface area (Å²) < 4.78 is 11.4. The molecule has 1 heterocycles. The van der Waals surface area contributed by atoms with E-state index >= 15 is 0 Å². The van der Waals surface area contributed by atoms with Gasteiger partial charge in [0.1, 0.15) is 11.5 Å². The molecule has 0 bridgehead atoms. The molecular formula is C27H31N3O3. The lowest BCUT2D eigenvalue weighted by Gasteiger charge is -2.09. The molecule has 2 aromatic carbocycles. The molecule has 0 atom stereocenters. The van der Waals surface area contributed by atoms with Crippen LogP contribution in [0.1, 0.15) is 61.4 Å². The average molecular weight is 446 g/mol.